The maximum atomic E-state index is 13.1. The van der Waals surface area contributed by atoms with Crippen molar-refractivity contribution in [3.8, 4) is 0 Å². The van der Waals surface area contributed by atoms with Crippen molar-refractivity contribution in [1.29, 1.82) is 0 Å². The molecule has 0 bridgehead atoms. The number of aromatic amines is 1. The molecular weight excluding hydrogens is 610 g/mol. The second-order valence-corrected chi connectivity index (χ2v) is 13.0. The number of anilines is 1. The molecule has 2 aliphatic heterocycles. The zero-order chi connectivity index (χ0) is 33.7. The van der Waals surface area contributed by atoms with Crippen LogP contribution in [0, 0.1) is 0 Å². The molecule has 2 N–H and O–H groups in total. The van der Waals surface area contributed by atoms with Crippen molar-refractivity contribution in [3.63, 3.8) is 0 Å². The van der Waals surface area contributed by atoms with Gasteiger partial charge >= 0.3 is 5.69 Å². The lowest BCUT2D eigenvalue weighted by Gasteiger charge is -2.33. The van der Waals surface area contributed by atoms with Crippen LogP contribution in [0.1, 0.15) is 60.4 Å². The van der Waals surface area contributed by atoms with Gasteiger partial charge in [-0.15, -0.1) is 0 Å². The number of aromatic nitrogens is 2. The van der Waals surface area contributed by atoms with Crippen LogP contribution in [0.15, 0.2) is 107 Å². The van der Waals surface area contributed by atoms with Crippen LogP contribution in [-0.2, 0) is 6.54 Å². The molecule has 1 fully saturated rings. The van der Waals surface area contributed by atoms with Gasteiger partial charge in [-0.2, -0.15) is 0 Å². The molecule has 0 spiro atoms. The number of likely N-dealkylation sites (N-methyl/N-ethyl adjacent to an activating group) is 1. The highest BCUT2D eigenvalue weighted by atomic mass is 16.2. The Kier molecular flexibility index (Phi) is 9.72. The van der Waals surface area contributed by atoms with Gasteiger partial charge in [0, 0.05) is 61.4 Å². The SMILES string of the molecule is CCN(CC)CCNC(=O)c1ccc2c(c1)=CN(c1ccc(CN3CCC(n4c(=O)[nH]c5ccccc54)CC3)cc1)C(c1ccccc1)N=2. The molecule has 0 aliphatic carbocycles. The summed E-state index contributed by atoms with van der Waals surface area (Å²) in [7, 11) is 0. The zero-order valence-corrected chi connectivity index (χ0v) is 28.4. The number of fused-ring (bicyclic) bond motifs is 2. The maximum absolute atomic E-state index is 13.1. The minimum absolute atomic E-state index is 0.0155. The fourth-order valence-electron chi connectivity index (χ4n) is 7.18. The van der Waals surface area contributed by atoms with Crippen LogP contribution in [0.2, 0.25) is 0 Å². The van der Waals surface area contributed by atoms with E-state index in [2.05, 4.69) is 81.4 Å². The number of nitrogens with one attached hydrogen (secondary N) is 2. The van der Waals surface area contributed by atoms with Crippen LogP contribution in [0.5, 0.6) is 0 Å². The maximum Gasteiger partial charge on any atom is 0.326 e. The fraction of sp³-hybridized carbons (Fsp3) is 0.325. The monoisotopic (exact) mass is 655 g/mol. The van der Waals surface area contributed by atoms with Gasteiger partial charge in [-0.25, -0.2) is 4.79 Å². The minimum atomic E-state index is -0.222. The lowest BCUT2D eigenvalue weighted by molar-refractivity contribution is 0.0948. The Morgan fingerprint density at radius 2 is 1.65 bits per heavy atom. The van der Waals surface area contributed by atoms with E-state index in [-0.39, 0.29) is 23.8 Å². The van der Waals surface area contributed by atoms with Gasteiger partial charge in [-0.1, -0.05) is 68.4 Å². The number of carbonyl (C=O) groups excluding carboxylic acids is 1. The third kappa shape index (κ3) is 7.09. The Hall–Kier alpha value is -4.99. The molecule has 1 amide bonds. The van der Waals surface area contributed by atoms with E-state index in [1.807, 2.05) is 65.2 Å². The molecular formula is C40H45N7O2. The second-order valence-electron chi connectivity index (χ2n) is 13.0. The van der Waals surface area contributed by atoms with E-state index in [0.29, 0.717) is 12.1 Å². The first-order valence-corrected chi connectivity index (χ1v) is 17.5. The van der Waals surface area contributed by atoms with Crippen LogP contribution >= 0.6 is 0 Å². The topological polar surface area (TPSA) is 89.0 Å². The summed E-state index contributed by atoms with van der Waals surface area (Å²) in [6.07, 6.45) is 3.79. The molecule has 3 heterocycles. The Morgan fingerprint density at radius 3 is 2.41 bits per heavy atom. The quantitative estimate of drug-likeness (QED) is 0.213. The predicted molar refractivity (Wildman–Crippen MR) is 196 cm³/mol. The summed E-state index contributed by atoms with van der Waals surface area (Å²) in [4.78, 5) is 41.0. The molecule has 1 unspecified atom stereocenters. The molecule has 1 atom stereocenters. The summed E-state index contributed by atoms with van der Waals surface area (Å²) in [6, 6.07) is 33.0. The number of rotatable bonds is 11. The van der Waals surface area contributed by atoms with E-state index < -0.39 is 0 Å². The number of amides is 1. The number of carbonyl (C=O) groups is 1. The van der Waals surface area contributed by atoms with Gasteiger partial charge in [0.05, 0.1) is 16.4 Å². The molecule has 0 saturated carbocycles. The van der Waals surface area contributed by atoms with Gasteiger partial charge in [0.1, 0.15) is 0 Å². The molecule has 1 saturated heterocycles. The summed E-state index contributed by atoms with van der Waals surface area (Å²) < 4.78 is 1.95. The van der Waals surface area contributed by atoms with E-state index in [1.165, 1.54) is 5.56 Å². The van der Waals surface area contributed by atoms with E-state index in [0.717, 1.165) is 85.0 Å². The standard InChI is InChI=1S/C40H45N7O2/c1-3-44(4-2)25-22-41-39(48)31-16-19-35-32(26-31)28-46(38(42-35)30-10-6-5-7-11-30)33-17-14-29(15-18-33)27-45-23-20-34(21-24-45)47-37-13-9-8-12-36(37)43-40(47)49/h5-19,26,28,34,38H,3-4,20-25,27H2,1-2H3,(H,41,48)(H,43,49). The van der Waals surface area contributed by atoms with Gasteiger partial charge in [-0.05, 0) is 79.5 Å². The number of H-pyrrole nitrogens is 1. The summed E-state index contributed by atoms with van der Waals surface area (Å²) in [5, 5.41) is 4.88. The minimum Gasteiger partial charge on any atom is -0.351 e. The summed E-state index contributed by atoms with van der Waals surface area (Å²) in [5.74, 6) is -0.0676. The number of likely N-dealkylation sites (tertiary alicyclic amines) is 1. The summed E-state index contributed by atoms with van der Waals surface area (Å²) in [5.41, 5.74) is 5.90. The average Bonchev–Trinajstić information content (AvgIpc) is 3.49. The number of piperidine rings is 1. The van der Waals surface area contributed by atoms with E-state index >= 15 is 0 Å². The van der Waals surface area contributed by atoms with Gasteiger partial charge in [0.15, 0.2) is 6.17 Å². The van der Waals surface area contributed by atoms with E-state index in [4.69, 9.17) is 4.99 Å². The second kappa shape index (κ2) is 14.6. The largest absolute Gasteiger partial charge is 0.351 e. The zero-order valence-electron chi connectivity index (χ0n) is 28.4. The lowest BCUT2D eigenvalue weighted by atomic mass is 10.0. The fourth-order valence-corrected chi connectivity index (χ4v) is 7.18. The molecule has 1 aromatic heterocycles. The Labute approximate surface area is 287 Å². The van der Waals surface area contributed by atoms with Crippen LogP contribution in [0.25, 0.3) is 17.2 Å². The first kappa shape index (κ1) is 32.6. The number of imidazole rings is 1. The van der Waals surface area contributed by atoms with Crippen molar-refractivity contribution in [2.45, 2.75) is 45.4 Å². The number of nitrogens with zero attached hydrogens (tertiary/aromatic N) is 5. The van der Waals surface area contributed by atoms with Crippen LogP contribution < -0.4 is 26.5 Å². The van der Waals surface area contributed by atoms with Crippen molar-refractivity contribution in [2.24, 2.45) is 4.99 Å². The molecule has 7 rings (SSSR count). The smallest absolute Gasteiger partial charge is 0.326 e. The molecule has 49 heavy (non-hydrogen) atoms. The lowest BCUT2D eigenvalue weighted by Crippen LogP contribution is -2.39. The molecule has 252 valence electrons. The van der Waals surface area contributed by atoms with Crippen molar-refractivity contribution in [2.75, 3.05) is 44.2 Å². The van der Waals surface area contributed by atoms with Crippen molar-refractivity contribution in [3.05, 3.63) is 135 Å². The normalized spacial score (nSPS) is 16.7. The van der Waals surface area contributed by atoms with Crippen LogP contribution in [-0.4, -0.2) is 64.5 Å². The first-order valence-electron chi connectivity index (χ1n) is 17.5. The number of benzene rings is 4. The summed E-state index contributed by atoms with van der Waals surface area (Å²) >= 11 is 0. The number of hydrogen-bond donors (Lipinski definition) is 2. The van der Waals surface area contributed by atoms with E-state index in [1.54, 1.807) is 0 Å². The van der Waals surface area contributed by atoms with Crippen LogP contribution in [0.3, 0.4) is 0 Å². The first-order chi connectivity index (χ1) is 24.0. The molecule has 4 aromatic carbocycles. The molecule has 2 aliphatic rings. The predicted octanol–water partition coefficient (Wildman–Crippen LogP) is 4.81. The molecule has 9 heteroatoms. The highest BCUT2D eigenvalue weighted by Crippen LogP contribution is 2.31. The molecule has 0 radical (unpaired) electrons. The van der Waals surface area contributed by atoms with Crippen molar-refractivity contribution >= 4 is 28.8 Å². The number of para-hydroxylation sites is 2. The highest BCUT2D eigenvalue weighted by molar-refractivity contribution is 5.94. The number of hydrogen-bond acceptors (Lipinski definition) is 6. The van der Waals surface area contributed by atoms with Gasteiger partial charge in [-0.3, -0.25) is 19.3 Å². The Balaban J connectivity index is 1.06. The Bertz CT molecular complexity index is 2080. The van der Waals surface area contributed by atoms with Gasteiger partial charge < -0.3 is 20.1 Å². The third-order valence-corrected chi connectivity index (χ3v) is 9.99. The van der Waals surface area contributed by atoms with Crippen molar-refractivity contribution in [1.82, 2.24) is 24.7 Å². The van der Waals surface area contributed by atoms with Gasteiger partial charge in [0.25, 0.3) is 5.91 Å². The third-order valence-electron chi connectivity index (χ3n) is 9.99. The summed E-state index contributed by atoms with van der Waals surface area (Å²) in [6.45, 7) is 10.4. The van der Waals surface area contributed by atoms with E-state index in [9.17, 15) is 9.59 Å². The average molecular weight is 656 g/mol. The highest BCUT2D eigenvalue weighted by Gasteiger charge is 2.25. The van der Waals surface area contributed by atoms with Gasteiger partial charge in [0.2, 0.25) is 0 Å². The Morgan fingerprint density at radius 1 is 0.918 bits per heavy atom. The molecule has 5 aromatic rings. The van der Waals surface area contributed by atoms with Crippen LogP contribution in [0.4, 0.5) is 5.69 Å². The van der Waals surface area contributed by atoms with Crippen molar-refractivity contribution < 1.29 is 4.79 Å². The molecule has 9 nitrogen and oxygen atoms in total.